The largest absolute Gasteiger partial charge is 0.383 e. The molecule has 0 aliphatic carbocycles. The molecule has 0 saturated heterocycles. The molecule has 6 heteroatoms. The van der Waals surface area contributed by atoms with Gasteiger partial charge in [0.15, 0.2) is 0 Å². The van der Waals surface area contributed by atoms with E-state index in [0.29, 0.717) is 11.1 Å². The lowest BCUT2D eigenvalue weighted by Gasteiger charge is -2.19. The highest BCUT2D eigenvalue weighted by Gasteiger charge is 2.19. The third-order valence-corrected chi connectivity index (χ3v) is 5.59. The molecule has 2 aromatic carbocycles. The molecule has 2 heterocycles. The van der Waals surface area contributed by atoms with Gasteiger partial charge in [-0.05, 0) is 67.8 Å². The van der Waals surface area contributed by atoms with Crippen molar-refractivity contribution >= 4 is 0 Å². The number of aliphatic hydroxyl groups excluding tert-OH is 1. The summed E-state index contributed by atoms with van der Waals surface area (Å²) in [7, 11) is 0. The van der Waals surface area contributed by atoms with Crippen LogP contribution in [0.25, 0.3) is 5.69 Å². The standard InChI is InChI=1S/C25H24FN3O2/c1-16-13-20(8-11-23(16)28-14-17(2)27-15-28)24(30)22-5-4-12-29(25(22)31)18(3)19-6-9-21(26)10-7-19/h4-15,18,24,30H,1-3H3. The Kier molecular flexibility index (Phi) is 5.57. The van der Waals surface area contributed by atoms with E-state index in [2.05, 4.69) is 4.98 Å². The molecule has 0 saturated carbocycles. The van der Waals surface area contributed by atoms with E-state index in [1.165, 1.54) is 12.1 Å². The molecule has 2 aromatic heterocycles. The molecule has 0 fully saturated rings. The fourth-order valence-corrected chi connectivity index (χ4v) is 3.81. The molecule has 0 aliphatic heterocycles. The first-order valence-electron chi connectivity index (χ1n) is 10.1. The first-order valence-corrected chi connectivity index (χ1v) is 10.1. The summed E-state index contributed by atoms with van der Waals surface area (Å²) in [5.41, 5.74) is 4.31. The van der Waals surface area contributed by atoms with Crippen LogP contribution in [0.2, 0.25) is 0 Å². The number of hydrogen-bond donors (Lipinski definition) is 1. The third-order valence-electron chi connectivity index (χ3n) is 5.59. The predicted octanol–water partition coefficient (Wildman–Crippen LogP) is 4.48. The van der Waals surface area contributed by atoms with Gasteiger partial charge < -0.3 is 14.2 Å². The van der Waals surface area contributed by atoms with Crippen molar-refractivity contribution < 1.29 is 9.50 Å². The zero-order chi connectivity index (χ0) is 22.1. The zero-order valence-corrected chi connectivity index (χ0v) is 17.7. The van der Waals surface area contributed by atoms with Gasteiger partial charge in [0.2, 0.25) is 0 Å². The van der Waals surface area contributed by atoms with E-state index in [1.54, 1.807) is 41.4 Å². The molecule has 0 radical (unpaired) electrons. The van der Waals surface area contributed by atoms with Crippen LogP contribution in [0.5, 0.6) is 0 Å². The average Bonchev–Trinajstić information content (AvgIpc) is 3.19. The second-order valence-electron chi connectivity index (χ2n) is 7.77. The van der Waals surface area contributed by atoms with Crippen molar-refractivity contribution in [1.82, 2.24) is 14.1 Å². The Balaban J connectivity index is 1.67. The molecule has 5 nitrogen and oxygen atoms in total. The van der Waals surface area contributed by atoms with Gasteiger partial charge in [0.1, 0.15) is 11.9 Å². The van der Waals surface area contributed by atoms with Crippen LogP contribution < -0.4 is 5.56 Å². The van der Waals surface area contributed by atoms with Gasteiger partial charge in [0.25, 0.3) is 5.56 Å². The Morgan fingerprint density at radius 1 is 1.03 bits per heavy atom. The molecule has 4 rings (SSSR count). The van der Waals surface area contributed by atoms with Crippen LogP contribution in [0, 0.1) is 19.7 Å². The second kappa shape index (κ2) is 8.32. The minimum absolute atomic E-state index is 0.279. The molecule has 0 bridgehead atoms. The lowest BCUT2D eigenvalue weighted by Crippen LogP contribution is -2.28. The van der Waals surface area contributed by atoms with Crippen LogP contribution in [-0.4, -0.2) is 19.2 Å². The van der Waals surface area contributed by atoms with Crippen LogP contribution in [0.15, 0.2) is 78.1 Å². The maximum atomic E-state index is 13.3. The zero-order valence-electron chi connectivity index (χ0n) is 17.7. The van der Waals surface area contributed by atoms with Gasteiger partial charge in [-0.25, -0.2) is 9.37 Å². The highest BCUT2D eigenvalue weighted by atomic mass is 19.1. The lowest BCUT2D eigenvalue weighted by molar-refractivity contribution is 0.217. The van der Waals surface area contributed by atoms with E-state index in [9.17, 15) is 14.3 Å². The van der Waals surface area contributed by atoms with Crippen LogP contribution in [0.1, 0.15) is 47.0 Å². The Morgan fingerprint density at radius 3 is 2.39 bits per heavy atom. The first-order chi connectivity index (χ1) is 14.8. The molecule has 0 spiro atoms. The fraction of sp³-hybridized carbons (Fsp3) is 0.200. The van der Waals surface area contributed by atoms with Crippen molar-refractivity contribution in [3.63, 3.8) is 0 Å². The summed E-state index contributed by atoms with van der Waals surface area (Å²) >= 11 is 0. The van der Waals surface area contributed by atoms with Crippen LogP contribution in [0.4, 0.5) is 4.39 Å². The summed E-state index contributed by atoms with van der Waals surface area (Å²) < 4.78 is 16.7. The summed E-state index contributed by atoms with van der Waals surface area (Å²) in [4.78, 5) is 17.4. The average molecular weight is 417 g/mol. The van der Waals surface area contributed by atoms with Crippen molar-refractivity contribution in [3.05, 3.63) is 117 Å². The number of rotatable bonds is 5. The molecule has 0 amide bonds. The Labute approximate surface area is 180 Å². The van der Waals surface area contributed by atoms with Crippen molar-refractivity contribution in [3.8, 4) is 5.69 Å². The summed E-state index contributed by atoms with van der Waals surface area (Å²) in [6.07, 6.45) is 4.31. The molecule has 2 unspecified atom stereocenters. The monoisotopic (exact) mass is 417 g/mol. The predicted molar refractivity (Wildman–Crippen MR) is 118 cm³/mol. The van der Waals surface area contributed by atoms with Crippen molar-refractivity contribution in [2.45, 2.75) is 32.9 Å². The van der Waals surface area contributed by atoms with E-state index in [0.717, 1.165) is 22.5 Å². The number of halogens is 1. The van der Waals surface area contributed by atoms with E-state index in [1.807, 2.05) is 49.7 Å². The van der Waals surface area contributed by atoms with E-state index >= 15 is 0 Å². The number of aromatic nitrogens is 3. The number of benzene rings is 2. The molecule has 0 aliphatic rings. The Hall–Kier alpha value is -3.51. The molecule has 1 N–H and O–H groups in total. The maximum absolute atomic E-state index is 13.3. The van der Waals surface area contributed by atoms with Gasteiger partial charge in [-0.2, -0.15) is 0 Å². The molecule has 2 atom stereocenters. The number of imidazole rings is 1. The molecular weight excluding hydrogens is 393 g/mol. The Bertz CT molecular complexity index is 1270. The van der Waals surface area contributed by atoms with Crippen molar-refractivity contribution in [2.75, 3.05) is 0 Å². The van der Waals surface area contributed by atoms with Gasteiger partial charge in [0, 0.05) is 18.1 Å². The van der Waals surface area contributed by atoms with Gasteiger partial charge in [0.05, 0.1) is 23.6 Å². The summed E-state index contributed by atoms with van der Waals surface area (Å²) in [6, 6.07) is 14.8. The fourth-order valence-electron chi connectivity index (χ4n) is 3.81. The number of aryl methyl sites for hydroxylation is 2. The highest BCUT2D eigenvalue weighted by molar-refractivity contribution is 5.45. The minimum atomic E-state index is -1.06. The van der Waals surface area contributed by atoms with Crippen LogP contribution >= 0.6 is 0 Å². The van der Waals surface area contributed by atoms with E-state index in [4.69, 9.17) is 0 Å². The quantitative estimate of drug-likeness (QED) is 0.521. The van der Waals surface area contributed by atoms with Crippen molar-refractivity contribution in [2.24, 2.45) is 0 Å². The smallest absolute Gasteiger partial charge is 0.257 e. The van der Waals surface area contributed by atoms with E-state index < -0.39 is 6.10 Å². The van der Waals surface area contributed by atoms with Crippen LogP contribution in [-0.2, 0) is 0 Å². The normalized spacial score (nSPS) is 13.2. The van der Waals surface area contributed by atoms with Gasteiger partial charge in [-0.1, -0.05) is 24.3 Å². The molecular formula is C25H24FN3O2. The Morgan fingerprint density at radius 2 is 1.74 bits per heavy atom. The first kappa shape index (κ1) is 20.8. The number of hydrogen-bond acceptors (Lipinski definition) is 3. The minimum Gasteiger partial charge on any atom is -0.383 e. The summed E-state index contributed by atoms with van der Waals surface area (Å²) in [5.74, 6) is -0.322. The topological polar surface area (TPSA) is 60.0 Å². The van der Waals surface area contributed by atoms with Gasteiger partial charge >= 0.3 is 0 Å². The van der Waals surface area contributed by atoms with Gasteiger partial charge in [-0.15, -0.1) is 0 Å². The molecule has 31 heavy (non-hydrogen) atoms. The maximum Gasteiger partial charge on any atom is 0.257 e. The highest BCUT2D eigenvalue weighted by Crippen LogP contribution is 2.25. The molecule has 158 valence electrons. The number of aliphatic hydroxyl groups is 1. The second-order valence-corrected chi connectivity index (χ2v) is 7.77. The van der Waals surface area contributed by atoms with Crippen LogP contribution in [0.3, 0.4) is 0 Å². The van der Waals surface area contributed by atoms with E-state index in [-0.39, 0.29) is 17.4 Å². The number of nitrogens with zero attached hydrogens (tertiary/aromatic N) is 3. The summed E-state index contributed by atoms with van der Waals surface area (Å²) in [6.45, 7) is 5.76. The lowest BCUT2D eigenvalue weighted by atomic mass is 9.99. The SMILES string of the molecule is Cc1cn(-c2ccc(C(O)c3cccn(C(C)c4ccc(F)cc4)c3=O)cc2C)cn1. The third kappa shape index (κ3) is 4.07. The van der Waals surface area contributed by atoms with Gasteiger partial charge in [-0.3, -0.25) is 4.79 Å². The molecule has 4 aromatic rings. The number of pyridine rings is 1. The van der Waals surface area contributed by atoms with Crippen molar-refractivity contribution in [1.29, 1.82) is 0 Å². The summed E-state index contributed by atoms with van der Waals surface area (Å²) in [5, 5.41) is 11.0.